The maximum Gasteiger partial charge on any atom is 0.311 e. The highest BCUT2D eigenvalue weighted by atomic mass is 32.1. The number of thiazole rings is 1. The lowest BCUT2D eigenvalue weighted by Crippen LogP contribution is -2.09. The molecule has 134 valence electrons. The van der Waals surface area contributed by atoms with Crippen molar-refractivity contribution in [1.82, 2.24) is 4.98 Å². The summed E-state index contributed by atoms with van der Waals surface area (Å²) in [5, 5.41) is 11.8. The summed E-state index contributed by atoms with van der Waals surface area (Å²) < 4.78 is 11.4. The summed E-state index contributed by atoms with van der Waals surface area (Å²) in [5.41, 5.74) is 0.791. The molecule has 0 bridgehead atoms. The van der Waals surface area contributed by atoms with Gasteiger partial charge in [-0.25, -0.2) is 4.98 Å². The third kappa shape index (κ3) is 4.15. The normalized spacial score (nSPS) is 10.7. The molecule has 3 rings (SSSR count). The number of methoxy groups -OCH3 is 1. The van der Waals surface area contributed by atoms with E-state index in [1.165, 1.54) is 25.3 Å². The van der Waals surface area contributed by atoms with Crippen LogP contribution >= 0.6 is 11.3 Å². The van der Waals surface area contributed by atoms with Gasteiger partial charge in [-0.2, -0.15) is 0 Å². The number of carbonyl (C=O) groups excluding carboxylic acids is 1. The van der Waals surface area contributed by atoms with Crippen molar-refractivity contribution in [1.29, 1.82) is 0 Å². The van der Waals surface area contributed by atoms with E-state index in [1.807, 2.05) is 24.3 Å². The van der Waals surface area contributed by atoms with Crippen molar-refractivity contribution >= 4 is 33.2 Å². The first kappa shape index (κ1) is 17.8. The molecule has 1 heterocycles. The summed E-state index contributed by atoms with van der Waals surface area (Å²) in [6.07, 6.45) is 1.43. The molecule has 7 nitrogen and oxygen atoms in total. The highest BCUT2D eigenvalue weighted by molar-refractivity contribution is 7.18. The number of benzene rings is 2. The third-order valence-corrected chi connectivity index (χ3v) is 4.79. The summed E-state index contributed by atoms with van der Waals surface area (Å²) in [4.78, 5) is 26.9. The van der Waals surface area contributed by atoms with Crippen LogP contribution in [0.1, 0.15) is 17.8 Å². The first-order chi connectivity index (χ1) is 12.6. The van der Waals surface area contributed by atoms with E-state index in [-0.39, 0.29) is 23.6 Å². The molecule has 3 aromatic rings. The number of hydrogen-bond donors (Lipinski definition) is 0. The Kier molecular flexibility index (Phi) is 5.43. The van der Waals surface area contributed by atoms with Crippen LogP contribution in [0.2, 0.25) is 0 Å². The molecule has 0 atom stereocenters. The number of ether oxygens (including phenoxy) is 2. The number of aromatic nitrogens is 1. The van der Waals surface area contributed by atoms with Gasteiger partial charge in [0.25, 0.3) is 5.69 Å². The number of nitro groups is 1. The summed E-state index contributed by atoms with van der Waals surface area (Å²) in [7, 11) is 1.41. The molecule has 0 saturated carbocycles. The molecular formula is C18H16N2O5S. The molecule has 8 heteroatoms. The van der Waals surface area contributed by atoms with Crippen LogP contribution in [0.5, 0.6) is 11.5 Å². The molecule has 0 aliphatic rings. The lowest BCUT2D eigenvalue weighted by atomic mass is 10.2. The Hall–Kier alpha value is -3.00. The molecule has 0 aliphatic carbocycles. The molecule has 26 heavy (non-hydrogen) atoms. The van der Waals surface area contributed by atoms with Crippen LogP contribution in [-0.4, -0.2) is 23.0 Å². The summed E-state index contributed by atoms with van der Waals surface area (Å²) in [6.45, 7) is 0. The second-order valence-electron chi connectivity index (χ2n) is 5.50. The van der Waals surface area contributed by atoms with Gasteiger partial charge in [-0.1, -0.05) is 12.1 Å². The first-order valence-electron chi connectivity index (χ1n) is 7.94. The average molecular weight is 372 g/mol. The van der Waals surface area contributed by atoms with Gasteiger partial charge < -0.3 is 9.47 Å². The zero-order valence-corrected chi connectivity index (χ0v) is 14.8. The van der Waals surface area contributed by atoms with Crippen LogP contribution in [0.3, 0.4) is 0 Å². The van der Waals surface area contributed by atoms with E-state index in [0.717, 1.165) is 15.2 Å². The van der Waals surface area contributed by atoms with E-state index in [1.54, 1.807) is 11.3 Å². The zero-order valence-electron chi connectivity index (χ0n) is 14.0. The van der Waals surface area contributed by atoms with Gasteiger partial charge in [-0.15, -0.1) is 11.3 Å². The molecule has 0 saturated heterocycles. The largest absolute Gasteiger partial charge is 0.493 e. The summed E-state index contributed by atoms with van der Waals surface area (Å²) >= 11 is 1.61. The number of aryl methyl sites for hydroxylation is 1. The van der Waals surface area contributed by atoms with Crippen LogP contribution in [0.4, 0.5) is 5.69 Å². The smallest absolute Gasteiger partial charge is 0.311 e. The minimum Gasteiger partial charge on any atom is -0.493 e. The Bertz CT molecular complexity index is 921. The fourth-order valence-electron chi connectivity index (χ4n) is 2.44. The van der Waals surface area contributed by atoms with Gasteiger partial charge in [0, 0.05) is 12.5 Å². The molecule has 2 aromatic carbocycles. The van der Waals surface area contributed by atoms with Crippen LogP contribution < -0.4 is 9.47 Å². The van der Waals surface area contributed by atoms with Crippen molar-refractivity contribution in [2.24, 2.45) is 0 Å². The number of carbonyl (C=O) groups is 1. The molecule has 0 fully saturated rings. The number of nitrogens with zero attached hydrogens (tertiary/aromatic N) is 2. The van der Waals surface area contributed by atoms with E-state index in [4.69, 9.17) is 9.47 Å². The van der Waals surface area contributed by atoms with Gasteiger partial charge in [0.2, 0.25) is 0 Å². The second kappa shape index (κ2) is 7.92. The van der Waals surface area contributed by atoms with E-state index < -0.39 is 10.9 Å². The number of non-ortho nitro benzene ring substituents is 1. The van der Waals surface area contributed by atoms with Crippen molar-refractivity contribution in [2.75, 3.05) is 7.11 Å². The van der Waals surface area contributed by atoms with Crippen LogP contribution in [-0.2, 0) is 11.2 Å². The Morgan fingerprint density at radius 1 is 1.23 bits per heavy atom. The molecule has 0 amide bonds. The Morgan fingerprint density at radius 3 is 2.77 bits per heavy atom. The SMILES string of the molecule is COc1ccc([N+](=O)[O-])cc1OC(=O)CCCc1nc2ccccc2s1. The van der Waals surface area contributed by atoms with Gasteiger partial charge in [0.15, 0.2) is 11.5 Å². The van der Waals surface area contributed by atoms with Crippen LogP contribution in [0.15, 0.2) is 42.5 Å². The highest BCUT2D eigenvalue weighted by Crippen LogP contribution is 2.31. The fourth-order valence-corrected chi connectivity index (χ4v) is 3.45. The quantitative estimate of drug-likeness (QED) is 0.268. The lowest BCUT2D eigenvalue weighted by Gasteiger charge is -2.08. The van der Waals surface area contributed by atoms with Gasteiger partial charge in [0.1, 0.15) is 0 Å². The predicted octanol–water partition coefficient (Wildman–Crippen LogP) is 4.14. The van der Waals surface area contributed by atoms with Crippen molar-refractivity contribution in [3.8, 4) is 11.5 Å². The average Bonchev–Trinajstić information content (AvgIpc) is 3.04. The van der Waals surface area contributed by atoms with E-state index in [9.17, 15) is 14.9 Å². The Morgan fingerprint density at radius 2 is 2.04 bits per heavy atom. The summed E-state index contributed by atoms with van der Waals surface area (Å²) in [6, 6.07) is 11.8. The Labute approximate surface area is 153 Å². The number of fused-ring (bicyclic) bond motifs is 1. The zero-order chi connectivity index (χ0) is 18.5. The maximum absolute atomic E-state index is 12.1. The van der Waals surface area contributed by atoms with Crippen molar-refractivity contribution < 1.29 is 19.2 Å². The molecule has 0 radical (unpaired) electrons. The van der Waals surface area contributed by atoms with E-state index in [2.05, 4.69) is 4.98 Å². The topological polar surface area (TPSA) is 91.6 Å². The first-order valence-corrected chi connectivity index (χ1v) is 8.76. The number of esters is 1. The minimum atomic E-state index is -0.552. The minimum absolute atomic E-state index is 0.0479. The molecule has 0 unspecified atom stereocenters. The van der Waals surface area contributed by atoms with E-state index in [0.29, 0.717) is 12.8 Å². The van der Waals surface area contributed by atoms with Crippen molar-refractivity contribution in [3.63, 3.8) is 0 Å². The standard InChI is InChI=1S/C18H16N2O5S/c1-24-14-10-9-12(20(22)23)11-15(14)25-18(21)8-4-7-17-19-13-5-2-3-6-16(13)26-17/h2-3,5-6,9-11H,4,7-8H2,1H3. The van der Waals surface area contributed by atoms with Gasteiger partial charge in [0.05, 0.1) is 33.3 Å². The second-order valence-corrected chi connectivity index (χ2v) is 6.61. The van der Waals surface area contributed by atoms with Gasteiger partial charge in [-0.05, 0) is 31.0 Å². The maximum atomic E-state index is 12.1. The number of hydrogen-bond acceptors (Lipinski definition) is 7. The van der Waals surface area contributed by atoms with Crippen molar-refractivity contribution in [3.05, 3.63) is 57.6 Å². The molecule has 0 aliphatic heterocycles. The number of rotatable bonds is 7. The number of nitro benzene ring substituents is 1. The van der Waals surface area contributed by atoms with Gasteiger partial charge in [-0.3, -0.25) is 14.9 Å². The fraction of sp³-hybridized carbons (Fsp3) is 0.222. The van der Waals surface area contributed by atoms with Crippen molar-refractivity contribution in [2.45, 2.75) is 19.3 Å². The Balaban J connectivity index is 1.58. The predicted molar refractivity (Wildman–Crippen MR) is 97.8 cm³/mol. The molecule has 0 spiro atoms. The highest BCUT2D eigenvalue weighted by Gasteiger charge is 2.15. The number of para-hydroxylation sites is 1. The lowest BCUT2D eigenvalue weighted by molar-refractivity contribution is -0.384. The van der Waals surface area contributed by atoms with Crippen LogP contribution in [0.25, 0.3) is 10.2 Å². The third-order valence-electron chi connectivity index (χ3n) is 3.69. The van der Waals surface area contributed by atoms with Gasteiger partial charge >= 0.3 is 5.97 Å². The molecular weight excluding hydrogens is 356 g/mol. The molecule has 0 N–H and O–H groups in total. The van der Waals surface area contributed by atoms with Crippen LogP contribution in [0, 0.1) is 10.1 Å². The summed E-state index contributed by atoms with van der Waals surface area (Å²) in [5.74, 6) is -0.147. The monoisotopic (exact) mass is 372 g/mol. The molecule has 1 aromatic heterocycles. The van der Waals surface area contributed by atoms with E-state index >= 15 is 0 Å².